The highest BCUT2D eigenvalue weighted by Crippen LogP contribution is 2.20. The van der Waals surface area contributed by atoms with Gasteiger partial charge in [0.1, 0.15) is 5.84 Å². The molecule has 0 aromatic heterocycles. The third-order valence-electron chi connectivity index (χ3n) is 1.64. The van der Waals surface area contributed by atoms with Crippen LogP contribution in [-0.2, 0) is 0 Å². The third-order valence-corrected chi connectivity index (χ3v) is 1.95. The Morgan fingerprint density at radius 2 is 2.31 bits per heavy atom. The first-order chi connectivity index (χ1) is 6.15. The minimum atomic E-state index is -0.00644. The highest BCUT2D eigenvalue weighted by Gasteiger charge is 2.03. The van der Waals surface area contributed by atoms with E-state index in [9.17, 15) is 0 Å². The van der Waals surface area contributed by atoms with Gasteiger partial charge in [0, 0.05) is 17.8 Å². The molecule has 0 atom stereocenters. The molecule has 0 amide bonds. The minimum Gasteiger partial charge on any atom is -0.385 e. The number of hydrogen-bond donors (Lipinski definition) is 3. The largest absolute Gasteiger partial charge is 0.385 e. The molecule has 0 spiro atoms. The van der Waals surface area contributed by atoms with Crippen molar-refractivity contribution in [2.24, 2.45) is 5.73 Å². The summed E-state index contributed by atoms with van der Waals surface area (Å²) in [6, 6.07) is 5.36. The molecular weight excluding hydrogens is 186 g/mol. The second-order valence-electron chi connectivity index (χ2n) is 2.64. The normalized spacial score (nSPS) is 9.69. The number of anilines is 1. The molecular formula is C9H12ClN3. The average Bonchev–Trinajstić information content (AvgIpc) is 2.04. The van der Waals surface area contributed by atoms with E-state index in [2.05, 4.69) is 5.32 Å². The second-order valence-corrected chi connectivity index (χ2v) is 3.05. The third kappa shape index (κ3) is 2.36. The van der Waals surface area contributed by atoms with Gasteiger partial charge in [-0.05, 0) is 25.1 Å². The van der Waals surface area contributed by atoms with E-state index in [1.165, 1.54) is 0 Å². The zero-order valence-electron chi connectivity index (χ0n) is 7.39. The maximum atomic E-state index is 7.22. The zero-order valence-corrected chi connectivity index (χ0v) is 8.15. The summed E-state index contributed by atoms with van der Waals surface area (Å²) in [6.45, 7) is 2.85. The molecule has 70 valence electrons. The predicted octanol–water partition coefficient (Wildman–Crippen LogP) is 2.06. The van der Waals surface area contributed by atoms with Crippen LogP contribution < -0.4 is 11.1 Å². The van der Waals surface area contributed by atoms with Gasteiger partial charge in [0.05, 0.1) is 5.02 Å². The van der Waals surface area contributed by atoms with Crippen LogP contribution in [0, 0.1) is 5.41 Å². The molecule has 0 radical (unpaired) electrons. The van der Waals surface area contributed by atoms with Gasteiger partial charge in [-0.1, -0.05) is 11.6 Å². The SMILES string of the molecule is CCNc1ccc(C(=N)N)c(Cl)c1. The van der Waals surface area contributed by atoms with Gasteiger partial charge in [-0.2, -0.15) is 0 Å². The highest BCUT2D eigenvalue weighted by molar-refractivity contribution is 6.34. The van der Waals surface area contributed by atoms with E-state index in [1.54, 1.807) is 12.1 Å². The zero-order chi connectivity index (χ0) is 9.84. The number of nitrogens with two attached hydrogens (primary N) is 1. The Hall–Kier alpha value is -1.22. The number of nitrogen functional groups attached to an aromatic ring is 1. The Labute approximate surface area is 82.4 Å². The number of nitrogens with one attached hydrogen (secondary N) is 2. The van der Waals surface area contributed by atoms with Gasteiger partial charge < -0.3 is 11.1 Å². The van der Waals surface area contributed by atoms with E-state index in [1.807, 2.05) is 13.0 Å². The van der Waals surface area contributed by atoms with Crippen LogP contribution in [0.1, 0.15) is 12.5 Å². The Morgan fingerprint density at radius 3 is 2.77 bits per heavy atom. The second kappa shape index (κ2) is 4.14. The minimum absolute atomic E-state index is 0.00644. The molecule has 0 saturated heterocycles. The van der Waals surface area contributed by atoms with Crippen molar-refractivity contribution in [3.63, 3.8) is 0 Å². The van der Waals surface area contributed by atoms with Crippen molar-refractivity contribution in [3.05, 3.63) is 28.8 Å². The van der Waals surface area contributed by atoms with Gasteiger partial charge in [0.15, 0.2) is 0 Å². The summed E-state index contributed by atoms with van der Waals surface area (Å²) in [5.41, 5.74) is 6.83. The monoisotopic (exact) mass is 197 g/mol. The molecule has 4 N–H and O–H groups in total. The van der Waals surface area contributed by atoms with Crippen LogP contribution in [0.4, 0.5) is 5.69 Å². The Morgan fingerprint density at radius 1 is 1.62 bits per heavy atom. The van der Waals surface area contributed by atoms with Crippen molar-refractivity contribution in [2.45, 2.75) is 6.92 Å². The van der Waals surface area contributed by atoms with Crippen LogP contribution in [0.3, 0.4) is 0 Å². The van der Waals surface area contributed by atoms with Gasteiger partial charge in [0.2, 0.25) is 0 Å². The van der Waals surface area contributed by atoms with E-state index >= 15 is 0 Å². The maximum Gasteiger partial charge on any atom is 0.124 e. The fourth-order valence-corrected chi connectivity index (χ4v) is 1.33. The van der Waals surface area contributed by atoms with Gasteiger partial charge in [-0.25, -0.2) is 0 Å². The molecule has 0 heterocycles. The molecule has 0 aliphatic carbocycles. The van der Waals surface area contributed by atoms with Gasteiger partial charge in [-0.15, -0.1) is 0 Å². The van der Waals surface area contributed by atoms with Crippen molar-refractivity contribution in [1.82, 2.24) is 0 Å². The first-order valence-corrected chi connectivity index (χ1v) is 4.40. The van der Waals surface area contributed by atoms with Crippen LogP contribution in [0.15, 0.2) is 18.2 Å². The van der Waals surface area contributed by atoms with E-state index in [0.29, 0.717) is 10.6 Å². The molecule has 0 unspecified atom stereocenters. The number of rotatable bonds is 3. The van der Waals surface area contributed by atoms with Crippen LogP contribution in [0.5, 0.6) is 0 Å². The van der Waals surface area contributed by atoms with E-state index < -0.39 is 0 Å². The molecule has 1 aromatic rings. The lowest BCUT2D eigenvalue weighted by molar-refractivity contribution is 1.21. The quantitative estimate of drug-likeness (QED) is 0.513. The lowest BCUT2D eigenvalue weighted by Crippen LogP contribution is -2.11. The summed E-state index contributed by atoms with van der Waals surface area (Å²) in [5.74, 6) is -0.00644. The molecule has 0 saturated carbocycles. The van der Waals surface area contributed by atoms with Crippen LogP contribution in [-0.4, -0.2) is 12.4 Å². The first kappa shape index (κ1) is 9.86. The van der Waals surface area contributed by atoms with Crippen molar-refractivity contribution >= 4 is 23.1 Å². The molecule has 13 heavy (non-hydrogen) atoms. The summed E-state index contributed by atoms with van der Waals surface area (Å²) >= 11 is 5.90. The van der Waals surface area contributed by atoms with E-state index in [4.69, 9.17) is 22.7 Å². The Balaban J connectivity index is 2.98. The lowest BCUT2D eigenvalue weighted by Gasteiger charge is -2.06. The standard InChI is InChI=1S/C9H12ClN3/c1-2-13-6-3-4-7(9(11)12)8(10)5-6/h3-5,13H,2H2,1H3,(H3,11,12). The molecule has 3 nitrogen and oxygen atoms in total. The lowest BCUT2D eigenvalue weighted by atomic mass is 10.2. The molecule has 1 aromatic carbocycles. The first-order valence-electron chi connectivity index (χ1n) is 4.03. The number of halogens is 1. The summed E-state index contributed by atoms with van der Waals surface area (Å²) < 4.78 is 0. The predicted molar refractivity (Wildman–Crippen MR) is 56.6 cm³/mol. The Kier molecular flexibility index (Phi) is 3.14. The highest BCUT2D eigenvalue weighted by atomic mass is 35.5. The van der Waals surface area contributed by atoms with Crippen molar-refractivity contribution < 1.29 is 0 Å². The molecule has 0 aliphatic rings. The van der Waals surface area contributed by atoms with Crippen LogP contribution >= 0.6 is 11.6 Å². The molecule has 0 fully saturated rings. The topological polar surface area (TPSA) is 61.9 Å². The smallest absolute Gasteiger partial charge is 0.124 e. The number of hydrogen-bond acceptors (Lipinski definition) is 2. The summed E-state index contributed by atoms with van der Waals surface area (Å²) in [5, 5.41) is 10.8. The summed E-state index contributed by atoms with van der Waals surface area (Å²) in [7, 11) is 0. The number of amidine groups is 1. The molecule has 4 heteroatoms. The molecule has 0 aliphatic heterocycles. The van der Waals surface area contributed by atoms with Crippen LogP contribution in [0.2, 0.25) is 5.02 Å². The van der Waals surface area contributed by atoms with E-state index in [-0.39, 0.29) is 5.84 Å². The van der Waals surface area contributed by atoms with Crippen molar-refractivity contribution in [3.8, 4) is 0 Å². The van der Waals surface area contributed by atoms with Crippen molar-refractivity contribution in [2.75, 3.05) is 11.9 Å². The maximum absolute atomic E-state index is 7.22. The van der Waals surface area contributed by atoms with Gasteiger partial charge in [-0.3, -0.25) is 5.41 Å². The van der Waals surface area contributed by atoms with Crippen LogP contribution in [0.25, 0.3) is 0 Å². The fourth-order valence-electron chi connectivity index (χ4n) is 1.05. The fraction of sp³-hybridized carbons (Fsp3) is 0.222. The average molecular weight is 198 g/mol. The number of benzene rings is 1. The summed E-state index contributed by atoms with van der Waals surface area (Å²) in [6.07, 6.45) is 0. The Bertz CT molecular complexity index is 323. The summed E-state index contributed by atoms with van der Waals surface area (Å²) in [4.78, 5) is 0. The van der Waals surface area contributed by atoms with Gasteiger partial charge >= 0.3 is 0 Å². The van der Waals surface area contributed by atoms with Crippen molar-refractivity contribution in [1.29, 1.82) is 5.41 Å². The molecule has 0 bridgehead atoms. The van der Waals surface area contributed by atoms with Gasteiger partial charge in [0.25, 0.3) is 0 Å². The van der Waals surface area contributed by atoms with E-state index in [0.717, 1.165) is 12.2 Å². The molecule has 1 rings (SSSR count).